The molecule has 3 rings (SSSR count). The van der Waals surface area contributed by atoms with Gasteiger partial charge < -0.3 is 10.2 Å². The van der Waals surface area contributed by atoms with Crippen LogP contribution in [0.15, 0.2) is 30.3 Å². The molecule has 1 saturated heterocycles. The molecule has 0 radical (unpaired) electrons. The lowest BCUT2D eigenvalue weighted by atomic mass is 10.0. The standard InChI is InChI=1S/C14H20N6/c1-19(11-12-7-5-6-10-15-12)14-16-17-18-20(14)13-8-3-2-4-9-13/h2-4,8-9,12,15H,5-7,10-11H2,1H3. The van der Waals surface area contributed by atoms with Crippen LogP contribution in [0.1, 0.15) is 19.3 Å². The number of likely N-dealkylation sites (N-methyl/N-ethyl adjacent to an activating group) is 1. The zero-order chi connectivity index (χ0) is 13.8. The Morgan fingerprint density at radius 2 is 2.15 bits per heavy atom. The van der Waals surface area contributed by atoms with Crippen molar-refractivity contribution in [1.82, 2.24) is 25.5 Å². The smallest absolute Gasteiger partial charge is 0.250 e. The number of nitrogens with zero attached hydrogens (tertiary/aromatic N) is 5. The van der Waals surface area contributed by atoms with E-state index in [9.17, 15) is 0 Å². The summed E-state index contributed by atoms with van der Waals surface area (Å²) < 4.78 is 1.78. The average Bonchev–Trinajstić information content (AvgIpc) is 2.99. The van der Waals surface area contributed by atoms with Crippen LogP contribution in [0.5, 0.6) is 0 Å². The van der Waals surface area contributed by atoms with Crippen LogP contribution >= 0.6 is 0 Å². The fraction of sp³-hybridized carbons (Fsp3) is 0.500. The molecule has 1 unspecified atom stereocenters. The Bertz CT molecular complexity index is 532. The summed E-state index contributed by atoms with van der Waals surface area (Å²) in [6, 6.07) is 10.5. The van der Waals surface area contributed by atoms with Crippen LogP contribution in [0.4, 0.5) is 5.95 Å². The van der Waals surface area contributed by atoms with Gasteiger partial charge in [-0.3, -0.25) is 0 Å². The van der Waals surface area contributed by atoms with E-state index in [4.69, 9.17) is 0 Å². The third-order valence-corrected chi connectivity index (χ3v) is 3.70. The molecular formula is C14H20N6. The molecule has 1 aromatic heterocycles. The molecule has 0 spiro atoms. The third kappa shape index (κ3) is 2.80. The topological polar surface area (TPSA) is 58.9 Å². The minimum atomic E-state index is 0.523. The first kappa shape index (κ1) is 13.1. The molecule has 1 aliphatic heterocycles. The number of nitrogens with one attached hydrogen (secondary N) is 1. The lowest BCUT2D eigenvalue weighted by Gasteiger charge is -2.28. The first-order chi connectivity index (χ1) is 9.84. The van der Waals surface area contributed by atoms with Crippen molar-refractivity contribution in [3.63, 3.8) is 0 Å². The fourth-order valence-corrected chi connectivity index (χ4v) is 2.65. The highest BCUT2D eigenvalue weighted by atomic mass is 15.6. The summed E-state index contributed by atoms with van der Waals surface area (Å²) in [7, 11) is 2.04. The lowest BCUT2D eigenvalue weighted by molar-refractivity contribution is 0.402. The van der Waals surface area contributed by atoms with Crippen molar-refractivity contribution in [2.75, 3.05) is 25.0 Å². The summed E-state index contributed by atoms with van der Waals surface area (Å²) in [6.07, 6.45) is 3.80. The van der Waals surface area contributed by atoms with Crippen molar-refractivity contribution in [1.29, 1.82) is 0 Å². The minimum Gasteiger partial charge on any atom is -0.341 e. The molecule has 1 aliphatic rings. The Hall–Kier alpha value is -1.95. The van der Waals surface area contributed by atoms with Crippen LogP contribution in [0.3, 0.4) is 0 Å². The number of piperidine rings is 1. The van der Waals surface area contributed by atoms with Gasteiger partial charge in [0.2, 0.25) is 5.95 Å². The van der Waals surface area contributed by atoms with Crippen molar-refractivity contribution >= 4 is 5.95 Å². The molecule has 1 N–H and O–H groups in total. The first-order valence-electron chi connectivity index (χ1n) is 7.13. The van der Waals surface area contributed by atoms with Crippen LogP contribution in [0, 0.1) is 0 Å². The second-order valence-corrected chi connectivity index (χ2v) is 5.25. The zero-order valence-corrected chi connectivity index (χ0v) is 11.7. The van der Waals surface area contributed by atoms with Gasteiger partial charge in [-0.05, 0) is 41.9 Å². The van der Waals surface area contributed by atoms with Gasteiger partial charge in [-0.2, -0.15) is 4.68 Å². The highest BCUT2D eigenvalue weighted by molar-refractivity contribution is 5.39. The van der Waals surface area contributed by atoms with Crippen LogP contribution in [0.2, 0.25) is 0 Å². The van der Waals surface area contributed by atoms with Crippen molar-refractivity contribution in [2.24, 2.45) is 0 Å². The van der Waals surface area contributed by atoms with Gasteiger partial charge in [0.05, 0.1) is 5.69 Å². The van der Waals surface area contributed by atoms with E-state index in [1.54, 1.807) is 4.68 Å². The molecule has 0 amide bonds. The first-order valence-corrected chi connectivity index (χ1v) is 7.13. The highest BCUT2D eigenvalue weighted by Gasteiger charge is 2.18. The van der Waals surface area contributed by atoms with Gasteiger partial charge >= 0.3 is 0 Å². The zero-order valence-electron chi connectivity index (χ0n) is 11.7. The maximum Gasteiger partial charge on any atom is 0.250 e. The van der Waals surface area contributed by atoms with Crippen LogP contribution in [-0.2, 0) is 0 Å². The largest absolute Gasteiger partial charge is 0.341 e. The molecular weight excluding hydrogens is 252 g/mol. The number of aromatic nitrogens is 4. The van der Waals surface area contributed by atoms with E-state index >= 15 is 0 Å². The summed E-state index contributed by atoms with van der Waals surface area (Å²) in [5.74, 6) is 0.781. The van der Waals surface area contributed by atoms with Crippen molar-refractivity contribution < 1.29 is 0 Å². The van der Waals surface area contributed by atoms with E-state index in [1.807, 2.05) is 37.4 Å². The maximum absolute atomic E-state index is 4.16. The fourth-order valence-electron chi connectivity index (χ4n) is 2.65. The van der Waals surface area contributed by atoms with E-state index in [2.05, 4.69) is 25.7 Å². The Kier molecular flexibility index (Phi) is 3.92. The summed E-state index contributed by atoms with van der Waals surface area (Å²) in [5, 5.41) is 15.6. The number of hydrogen-bond acceptors (Lipinski definition) is 5. The Morgan fingerprint density at radius 1 is 1.30 bits per heavy atom. The maximum atomic E-state index is 4.16. The van der Waals surface area contributed by atoms with E-state index in [-0.39, 0.29) is 0 Å². The Morgan fingerprint density at radius 3 is 2.90 bits per heavy atom. The summed E-state index contributed by atoms with van der Waals surface area (Å²) in [6.45, 7) is 2.04. The third-order valence-electron chi connectivity index (χ3n) is 3.70. The quantitative estimate of drug-likeness (QED) is 0.907. The molecule has 6 nitrogen and oxygen atoms in total. The predicted molar refractivity (Wildman–Crippen MR) is 78.1 cm³/mol. The molecule has 0 bridgehead atoms. The average molecular weight is 272 g/mol. The van der Waals surface area contributed by atoms with Gasteiger partial charge in [-0.25, -0.2) is 0 Å². The molecule has 20 heavy (non-hydrogen) atoms. The summed E-state index contributed by atoms with van der Waals surface area (Å²) in [5.41, 5.74) is 0.982. The second-order valence-electron chi connectivity index (χ2n) is 5.25. The van der Waals surface area contributed by atoms with Gasteiger partial charge in [-0.15, -0.1) is 0 Å². The molecule has 106 valence electrons. The van der Waals surface area contributed by atoms with Gasteiger partial charge in [0.15, 0.2) is 0 Å². The van der Waals surface area contributed by atoms with Crippen LogP contribution in [0.25, 0.3) is 5.69 Å². The van der Waals surface area contributed by atoms with Crippen LogP contribution < -0.4 is 10.2 Å². The molecule has 6 heteroatoms. The van der Waals surface area contributed by atoms with E-state index in [0.29, 0.717) is 6.04 Å². The minimum absolute atomic E-state index is 0.523. The molecule has 1 atom stereocenters. The number of para-hydroxylation sites is 1. The molecule has 0 saturated carbocycles. The van der Waals surface area contributed by atoms with E-state index in [0.717, 1.165) is 24.7 Å². The number of benzene rings is 1. The van der Waals surface area contributed by atoms with Crippen LogP contribution in [-0.4, -0.2) is 46.4 Å². The van der Waals surface area contributed by atoms with E-state index in [1.165, 1.54) is 19.3 Å². The van der Waals surface area contributed by atoms with Gasteiger partial charge in [0.25, 0.3) is 0 Å². The molecule has 1 fully saturated rings. The highest BCUT2D eigenvalue weighted by Crippen LogP contribution is 2.15. The second kappa shape index (κ2) is 6.00. The van der Waals surface area contributed by atoms with Crippen molar-refractivity contribution in [2.45, 2.75) is 25.3 Å². The number of anilines is 1. The molecule has 2 aromatic rings. The monoisotopic (exact) mass is 272 g/mol. The predicted octanol–water partition coefficient (Wildman–Crippen LogP) is 1.24. The lowest BCUT2D eigenvalue weighted by Crippen LogP contribution is -2.43. The Balaban J connectivity index is 1.75. The van der Waals surface area contributed by atoms with E-state index < -0.39 is 0 Å². The van der Waals surface area contributed by atoms with Crippen molar-refractivity contribution in [3.8, 4) is 5.69 Å². The van der Waals surface area contributed by atoms with Gasteiger partial charge in [0.1, 0.15) is 0 Å². The van der Waals surface area contributed by atoms with Crippen molar-refractivity contribution in [3.05, 3.63) is 30.3 Å². The Labute approximate surface area is 118 Å². The number of rotatable bonds is 4. The summed E-state index contributed by atoms with van der Waals surface area (Å²) in [4.78, 5) is 2.12. The molecule has 2 heterocycles. The normalized spacial score (nSPS) is 18.9. The SMILES string of the molecule is CN(CC1CCCCN1)c1nnnn1-c1ccccc1. The van der Waals surface area contributed by atoms with Gasteiger partial charge in [0, 0.05) is 19.6 Å². The number of tetrazole rings is 1. The summed E-state index contributed by atoms with van der Waals surface area (Å²) >= 11 is 0. The number of hydrogen-bond donors (Lipinski definition) is 1. The molecule has 1 aromatic carbocycles. The molecule has 0 aliphatic carbocycles. The van der Waals surface area contributed by atoms with Gasteiger partial charge in [-0.1, -0.05) is 29.7 Å².